The number of para-hydroxylation sites is 2. The second-order valence-electron chi connectivity index (χ2n) is 17.2. The van der Waals surface area contributed by atoms with Crippen molar-refractivity contribution in [1.82, 2.24) is 19.5 Å². The molecule has 0 amide bonds. The second-order valence-corrected chi connectivity index (χ2v) is 17.2. The minimum Gasteiger partial charge on any atom is -0.456 e. The standard InChI is InChI=1S/C63H40N4O/c1-6-18-41(19-7-1)49-33-30-45(36-52(49)42-20-8-2-9-21-42)46-31-34-50(56(37-46)63-65-61(43-22-10-3-11-23-43)64-62(66-63)44-24-12-4-13-25-44)47-32-35-59-54(38-47)55-39-58-53(40-60(55)68-59)51-28-16-17-29-57(51)67(58)48-26-14-5-15-27-48/h1-40H. The van der Waals surface area contributed by atoms with E-state index >= 15 is 0 Å². The summed E-state index contributed by atoms with van der Waals surface area (Å²) in [7, 11) is 0. The number of furan rings is 1. The number of hydrogen-bond acceptors (Lipinski definition) is 4. The van der Waals surface area contributed by atoms with Crippen molar-refractivity contribution in [2.75, 3.05) is 0 Å². The highest BCUT2D eigenvalue weighted by molar-refractivity contribution is 6.17. The van der Waals surface area contributed by atoms with Crippen molar-refractivity contribution in [2.45, 2.75) is 0 Å². The zero-order valence-corrected chi connectivity index (χ0v) is 36.8. The minimum atomic E-state index is 0.588. The summed E-state index contributed by atoms with van der Waals surface area (Å²) in [5.41, 5.74) is 16.6. The normalized spacial score (nSPS) is 11.5. The van der Waals surface area contributed by atoms with Gasteiger partial charge in [0.1, 0.15) is 11.2 Å². The van der Waals surface area contributed by atoms with Gasteiger partial charge < -0.3 is 8.98 Å². The van der Waals surface area contributed by atoms with Gasteiger partial charge in [-0.25, -0.2) is 15.0 Å². The lowest BCUT2D eigenvalue weighted by Gasteiger charge is -2.16. The van der Waals surface area contributed by atoms with Crippen molar-refractivity contribution < 1.29 is 4.42 Å². The zero-order chi connectivity index (χ0) is 45.0. The van der Waals surface area contributed by atoms with Gasteiger partial charge in [-0.2, -0.15) is 0 Å². The molecule has 0 saturated carbocycles. The number of nitrogens with zero attached hydrogens (tertiary/aromatic N) is 4. The Hall–Kier alpha value is -9.19. The van der Waals surface area contributed by atoms with Gasteiger partial charge in [0.15, 0.2) is 17.5 Å². The third-order valence-corrected chi connectivity index (χ3v) is 13.1. The van der Waals surface area contributed by atoms with Crippen LogP contribution in [0.5, 0.6) is 0 Å². The summed E-state index contributed by atoms with van der Waals surface area (Å²) in [4.78, 5) is 15.6. The Morgan fingerprint density at radius 1 is 0.265 bits per heavy atom. The molecule has 68 heavy (non-hydrogen) atoms. The maximum Gasteiger partial charge on any atom is 0.164 e. The van der Waals surface area contributed by atoms with E-state index in [1.54, 1.807) is 0 Å². The quantitative estimate of drug-likeness (QED) is 0.153. The first kappa shape index (κ1) is 39.2. The Labute approximate surface area is 392 Å². The van der Waals surface area contributed by atoms with Gasteiger partial charge in [-0.3, -0.25) is 0 Å². The molecule has 318 valence electrons. The van der Waals surface area contributed by atoms with Crippen LogP contribution >= 0.6 is 0 Å². The third kappa shape index (κ3) is 6.84. The van der Waals surface area contributed by atoms with Gasteiger partial charge in [0.05, 0.1) is 11.0 Å². The minimum absolute atomic E-state index is 0.588. The van der Waals surface area contributed by atoms with Crippen molar-refractivity contribution in [3.8, 4) is 84.4 Å². The Kier molecular flexibility index (Phi) is 9.43. The van der Waals surface area contributed by atoms with Crippen molar-refractivity contribution >= 4 is 43.7 Å². The zero-order valence-electron chi connectivity index (χ0n) is 36.8. The SMILES string of the molecule is c1ccc(-c2nc(-c3ccccc3)nc(-c3cc(-c4ccc(-c5ccccc5)c(-c5ccccc5)c4)ccc3-c3ccc4oc5cc6c7ccccc7n(-c7ccccc7)c6cc5c4c3)n2)cc1. The molecule has 0 spiro atoms. The summed E-state index contributed by atoms with van der Waals surface area (Å²) in [6.45, 7) is 0. The van der Waals surface area contributed by atoms with Crippen molar-refractivity contribution in [3.63, 3.8) is 0 Å². The highest BCUT2D eigenvalue weighted by Crippen LogP contribution is 2.43. The van der Waals surface area contributed by atoms with Crippen LogP contribution in [0.1, 0.15) is 0 Å². The van der Waals surface area contributed by atoms with E-state index in [1.165, 1.54) is 16.5 Å². The van der Waals surface area contributed by atoms with Crippen LogP contribution in [0.4, 0.5) is 0 Å². The second kappa shape index (κ2) is 16.4. The molecule has 0 atom stereocenters. The molecular formula is C63H40N4O. The first-order valence-electron chi connectivity index (χ1n) is 22.9. The number of aromatic nitrogens is 4. The fourth-order valence-electron chi connectivity index (χ4n) is 9.80. The van der Waals surface area contributed by atoms with Crippen LogP contribution in [-0.4, -0.2) is 19.5 Å². The average molecular weight is 869 g/mol. The van der Waals surface area contributed by atoms with Gasteiger partial charge in [-0.1, -0.05) is 188 Å². The Morgan fingerprint density at radius 3 is 1.38 bits per heavy atom. The largest absolute Gasteiger partial charge is 0.456 e. The molecule has 0 saturated heterocycles. The van der Waals surface area contributed by atoms with Gasteiger partial charge in [0.25, 0.3) is 0 Å². The lowest BCUT2D eigenvalue weighted by molar-refractivity contribution is 0.669. The van der Waals surface area contributed by atoms with Gasteiger partial charge >= 0.3 is 0 Å². The van der Waals surface area contributed by atoms with Crippen LogP contribution in [0.25, 0.3) is 128 Å². The number of hydrogen-bond donors (Lipinski definition) is 0. The van der Waals surface area contributed by atoms with Crippen LogP contribution in [0, 0.1) is 0 Å². The van der Waals surface area contributed by atoms with E-state index in [9.17, 15) is 0 Å². The molecule has 0 N–H and O–H groups in total. The predicted octanol–water partition coefficient (Wildman–Crippen LogP) is 16.5. The molecule has 0 unspecified atom stereocenters. The maximum absolute atomic E-state index is 6.68. The third-order valence-electron chi connectivity index (χ3n) is 13.1. The molecule has 5 heteroatoms. The molecule has 0 aliphatic carbocycles. The Bertz CT molecular complexity index is 3940. The van der Waals surface area contributed by atoms with Crippen molar-refractivity contribution in [2.24, 2.45) is 0 Å². The molecule has 3 aromatic heterocycles. The monoisotopic (exact) mass is 868 g/mol. The molecule has 0 fully saturated rings. The van der Waals surface area contributed by atoms with Crippen LogP contribution in [0.2, 0.25) is 0 Å². The molecule has 5 nitrogen and oxygen atoms in total. The van der Waals surface area contributed by atoms with E-state index in [2.05, 4.69) is 211 Å². The van der Waals surface area contributed by atoms with Crippen molar-refractivity contribution in [1.29, 1.82) is 0 Å². The Balaban J connectivity index is 1.04. The number of benzene rings is 10. The van der Waals surface area contributed by atoms with E-state index in [-0.39, 0.29) is 0 Å². The molecule has 0 aliphatic rings. The van der Waals surface area contributed by atoms with E-state index in [4.69, 9.17) is 19.4 Å². The van der Waals surface area contributed by atoms with Crippen molar-refractivity contribution in [3.05, 3.63) is 243 Å². The maximum atomic E-state index is 6.68. The predicted molar refractivity (Wildman–Crippen MR) is 279 cm³/mol. The fourth-order valence-corrected chi connectivity index (χ4v) is 9.80. The van der Waals surface area contributed by atoms with Crippen LogP contribution in [-0.2, 0) is 0 Å². The highest BCUT2D eigenvalue weighted by Gasteiger charge is 2.21. The van der Waals surface area contributed by atoms with E-state index in [0.717, 1.165) is 94.1 Å². The molecule has 0 aliphatic heterocycles. The molecule has 3 heterocycles. The molecular weight excluding hydrogens is 829 g/mol. The molecule has 13 aromatic rings. The van der Waals surface area contributed by atoms with Gasteiger partial charge in [-0.15, -0.1) is 0 Å². The lowest BCUT2D eigenvalue weighted by Crippen LogP contribution is -2.01. The summed E-state index contributed by atoms with van der Waals surface area (Å²) in [6.07, 6.45) is 0. The summed E-state index contributed by atoms with van der Waals surface area (Å²) in [5, 5.41) is 4.43. The van der Waals surface area contributed by atoms with E-state index in [1.807, 2.05) is 36.4 Å². The smallest absolute Gasteiger partial charge is 0.164 e. The first-order chi connectivity index (χ1) is 33.7. The van der Waals surface area contributed by atoms with Gasteiger partial charge in [0, 0.05) is 43.9 Å². The molecule has 0 radical (unpaired) electrons. The van der Waals surface area contributed by atoms with Crippen LogP contribution in [0.15, 0.2) is 247 Å². The lowest BCUT2D eigenvalue weighted by atomic mass is 9.89. The summed E-state index contributed by atoms with van der Waals surface area (Å²) >= 11 is 0. The van der Waals surface area contributed by atoms with Gasteiger partial charge in [0.2, 0.25) is 0 Å². The van der Waals surface area contributed by atoms with Gasteiger partial charge in [-0.05, 0) is 99.1 Å². The Morgan fingerprint density at radius 2 is 0.750 bits per heavy atom. The van der Waals surface area contributed by atoms with Crippen LogP contribution < -0.4 is 0 Å². The number of fused-ring (bicyclic) bond motifs is 6. The summed E-state index contributed by atoms with van der Waals surface area (Å²) in [5.74, 6) is 1.81. The highest BCUT2D eigenvalue weighted by atomic mass is 16.3. The first-order valence-corrected chi connectivity index (χ1v) is 22.9. The molecule has 13 rings (SSSR count). The molecule has 0 bridgehead atoms. The topological polar surface area (TPSA) is 56.7 Å². The van der Waals surface area contributed by atoms with E-state index in [0.29, 0.717) is 17.5 Å². The molecule has 10 aromatic carbocycles. The fraction of sp³-hybridized carbons (Fsp3) is 0. The summed E-state index contributed by atoms with van der Waals surface area (Å²) < 4.78 is 9.04. The number of rotatable bonds is 8. The average Bonchev–Trinajstić information content (AvgIpc) is 3.95. The van der Waals surface area contributed by atoms with E-state index < -0.39 is 0 Å². The summed E-state index contributed by atoms with van der Waals surface area (Å²) in [6, 6.07) is 85.3. The van der Waals surface area contributed by atoms with Crippen LogP contribution in [0.3, 0.4) is 0 Å².